The first kappa shape index (κ1) is 8.13. The fourth-order valence-electron chi connectivity index (χ4n) is 1.12. The molecule has 0 saturated carbocycles. The molecule has 0 atom stereocenters. The molecule has 1 aromatic heterocycles. The normalized spacial score (nSPS) is 10.2. The highest BCUT2D eigenvalue weighted by molar-refractivity contribution is 6.16. The predicted octanol–water partition coefficient (Wildman–Crippen LogP) is 2.13. The van der Waals surface area contributed by atoms with Crippen LogP contribution in [0.4, 0.5) is 5.82 Å². The molecule has 0 bridgehead atoms. The molecular formula is C9H8ClN3. The van der Waals surface area contributed by atoms with Crippen molar-refractivity contribution in [3.63, 3.8) is 0 Å². The maximum atomic E-state index is 5.66. The summed E-state index contributed by atoms with van der Waals surface area (Å²) < 4.78 is 1.14. The van der Waals surface area contributed by atoms with Crippen molar-refractivity contribution in [2.45, 2.75) is 0 Å². The van der Waals surface area contributed by atoms with Crippen molar-refractivity contribution in [2.75, 3.05) is 5.73 Å². The molecule has 0 saturated heterocycles. The maximum Gasteiger partial charge on any atom is 0.140 e. The zero-order valence-electron chi connectivity index (χ0n) is 6.81. The van der Waals surface area contributed by atoms with E-state index in [0.29, 0.717) is 5.82 Å². The van der Waals surface area contributed by atoms with Gasteiger partial charge >= 0.3 is 0 Å². The Kier molecular flexibility index (Phi) is 1.94. The van der Waals surface area contributed by atoms with Gasteiger partial charge in [0, 0.05) is 23.4 Å². The number of aromatic nitrogens is 2. The molecule has 3 nitrogen and oxygen atoms in total. The van der Waals surface area contributed by atoms with E-state index < -0.39 is 0 Å². The Morgan fingerprint density at radius 1 is 1.23 bits per heavy atom. The number of anilines is 1. The molecule has 1 heterocycles. The van der Waals surface area contributed by atoms with Crippen molar-refractivity contribution in [1.82, 2.24) is 9.30 Å². The lowest BCUT2D eigenvalue weighted by atomic mass is 10.2. The van der Waals surface area contributed by atoms with Crippen LogP contribution in [0.25, 0.3) is 11.3 Å². The summed E-state index contributed by atoms with van der Waals surface area (Å²) in [5.41, 5.74) is 7.34. The Labute approximate surface area is 80.9 Å². The third kappa shape index (κ3) is 1.51. The molecule has 0 aliphatic carbocycles. The molecular weight excluding hydrogens is 186 g/mol. The molecule has 13 heavy (non-hydrogen) atoms. The van der Waals surface area contributed by atoms with Crippen LogP contribution in [0.5, 0.6) is 0 Å². The number of halogens is 1. The highest BCUT2D eigenvalue weighted by Crippen LogP contribution is 2.19. The van der Waals surface area contributed by atoms with Gasteiger partial charge in [0.05, 0.1) is 5.69 Å². The molecule has 66 valence electrons. The Hall–Kier alpha value is -1.48. The minimum atomic E-state index is 0.445. The molecule has 4 heteroatoms. The summed E-state index contributed by atoms with van der Waals surface area (Å²) in [4.78, 5) is 0. The molecule has 0 amide bonds. The van der Waals surface area contributed by atoms with E-state index in [-0.39, 0.29) is 0 Å². The van der Waals surface area contributed by atoms with E-state index in [2.05, 4.69) is 5.10 Å². The van der Waals surface area contributed by atoms with Crippen LogP contribution in [0.2, 0.25) is 0 Å². The van der Waals surface area contributed by atoms with Crippen LogP contribution in [0, 0.1) is 0 Å². The summed E-state index contributed by atoms with van der Waals surface area (Å²) in [6, 6.07) is 11.5. The van der Waals surface area contributed by atoms with E-state index in [0.717, 1.165) is 15.5 Å². The molecule has 2 aromatic rings. The first-order valence-corrected chi connectivity index (χ1v) is 4.18. The fourth-order valence-corrected chi connectivity index (χ4v) is 1.25. The SMILES string of the molecule is Nc1cc(-c2ccccc2)nn1Cl. The third-order valence-electron chi connectivity index (χ3n) is 1.76. The van der Waals surface area contributed by atoms with E-state index in [9.17, 15) is 0 Å². The van der Waals surface area contributed by atoms with Gasteiger partial charge in [0.15, 0.2) is 0 Å². The second-order valence-corrected chi connectivity index (χ2v) is 3.00. The quantitative estimate of drug-likeness (QED) is 0.754. The molecule has 0 fully saturated rings. The topological polar surface area (TPSA) is 43.8 Å². The van der Waals surface area contributed by atoms with Gasteiger partial charge < -0.3 is 5.73 Å². The molecule has 0 unspecified atom stereocenters. The van der Waals surface area contributed by atoms with Crippen LogP contribution in [-0.2, 0) is 0 Å². The number of hydrogen-bond acceptors (Lipinski definition) is 2. The Bertz CT molecular complexity index is 389. The van der Waals surface area contributed by atoms with E-state index >= 15 is 0 Å². The third-order valence-corrected chi connectivity index (χ3v) is 2.03. The molecule has 2 rings (SSSR count). The van der Waals surface area contributed by atoms with Crippen LogP contribution >= 0.6 is 11.8 Å². The largest absolute Gasteiger partial charge is 0.383 e. The van der Waals surface area contributed by atoms with Gasteiger partial charge in [-0.2, -0.15) is 9.30 Å². The summed E-state index contributed by atoms with van der Waals surface area (Å²) in [5, 5.41) is 4.04. The van der Waals surface area contributed by atoms with Crippen LogP contribution in [0.3, 0.4) is 0 Å². The molecule has 0 aliphatic rings. The highest BCUT2D eigenvalue weighted by atomic mass is 35.5. The van der Waals surface area contributed by atoms with Crippen molar-refractivity contribution in [2.24, 2.45) is 0 Å². The van der Waals surface area contributed by atoms with Crippen LogP contribution in [-0.4, -0.2) is 9.30 Å². The average Bonchev–Trinajstić information content (AvgIpc) is 2.49. The lowest BCUT2D eigenvalue weighted by Gasteiger charge is -1.92. The van der Waals surface area contributed by atoms with Crippen molar-refractivity contribution in [3.05, 3.63) is 36.4 Å². The van der Waals surface area contributed by atoms with Gasteiger partial charge in [0.2, 0.25) is 0 Å². The average molecular weight is 194 g/mol. The minimum Gasteiger partial charge on any atom is -0.383 e. The molecule has 0 radical (unpaired) electrons. The van der Waals surface area contributed by atoms with Gasteiger partial charge in [-0.25, -0.2) is 0 Å². The second kappa shape index (κ2) is 3.11. The standard InChI is InChI=1S/C9H8ClN3/c10-13-9(11)6-8(12-13)7-4-2-1-3-5-7/h1-6H,11H2. The Morgan fingerprint density at radius 3 is 2.46 bits per heavy atom. The summed E-state index contributed by atoms with van der Waals surface area (Å²) >= 11 is 5.66. The van der Waals surface area contributed by atoms with Gasteiger partial charge in [-0.05, 0) is 0 Å². The molecule has 0 spiro atoms. The summed E-state index contributed by atoms with van der Waals surface area (Å²) in [5.74, 6) is 0.445. The first-order chi connectivity index (χ1) is 6.27. The van der Waals surface area contributed by atoms with Crippen LogP contribution in [0.1, 0.15) is 0 Å². The lowest BCUT2D eigenvalue weighted by Crippen LogP contribution is -1.90. The number of nitrogen functional groups attached to an aromatic ring is 1. The Balaban J connectivity index is 2.48. The number of nitrogens with zero attached hydrogens (tertiary/aromatic N) is 2. The predicted molar refractivity (Wildman–Crippen MR) is 53.3 cm³/mol. The van der Waals surface area contributed by atoms with Gasteiger partial charge in [-0.1, -0.05) is 30.3 Å². The van der Waals surface area contributed by atoms with Crippen molar-refractivity contribution in [3.8, 4) is 11.3 Å². The maximum absolute atomic E-state index is 5.66. The van der Waals surface area contributed by atoms with E-state index in [1.165, 1.54) is 0 Å². The van der Waals surface area contributed by atoms with E-state index in [1.807, 2.05) is 30.3 Å². The zero-order chi connectivity index (χ0) is 9.26. The van der Waals surface area contributed by atoms with Gasteiger partial charge in [0.25, 0.3) is 0 Å². The Morgan fingerprint density at radius 2 is 1.92 bits per heavy atom. The summed E-state index contributed by atoms with van der Waals surface area (Å²) in [7, 11) is 0. The smallest absolute Gasteiger partial charge is 0.140 e. The second-order valence-electron chi connectivity index (χ2n) is 2.68. The van der Waals surface area contributed by atoms with Crippen LogP contribution < -0.4 is 5.73 Å². The van der Waals surface area contributed by atoms with Crippen LogP contribution in [0.15, 0.2) is 36.4 Å². The number of benzene rings is 1. The molecule has 0 aliphatic heterocycles. The fraction of sp³-hybridized carbons (Fsp3) is 0. The highest BCUT2D eigenvalue weighted by Gasteiger charge is 2.04. The monoisotopic (exact) mass is 193 g/mol. The summed E-state index contributed by atoms with van der Waals surface area (Å²) in [6.07, 6.45) is 0. The minimum absolute atomic E-state index is 0.445. The number of nitrogens with two attached hydrogens (primary N) is 1. The van der Waals surface area contributed by atoms with E-state index in [1.54, 1.807) is 6.07 Å². The van der Waals surface area contributed by atoms with E-state index in [4.69, 9.17) is 17.5 Å². The number of rotatable bonds is 1. The van der Waals surface area contributed by atoms with Crippen molar-refractivity contribution in [1.29, 1.82) is 0 Å². The lowest BCUT2D eigenvalue weighted by molar-refractivity contribution is 1.01. The van der Waals surface area contributed by atoms with Crippen molar-refractivity contribution >= 4 is 17.6 Å². The summed E-state index contributed by atoms with van der Waals surface area (Å²) in [6.45, 7) is 0. The number of hydrogen-bond donors (Lipinski definition) is 1. The molecule has 1 aromatic carbocycles. The first-order valence-electron chi connectivity index (χ1n) is 3.84. The van der Waals surface area contributed by atoms with Gasteiger partial charge in [0.1, 0.15) is 5.82 Å². The van der Waals surface area contributed by atoms with Gasteiger partial charge in [-0.3, -0.25) is 0 Å². The van der Waals surface area contributed by atoms with Crippen molar-refractivity contribution < 1.29 is 0 Å². The zero-order valence-corrected chi connectivity index (χ0v) is 7.57. The van der Waals surface area contributed by atoms with Gasteiger partial charge in [-0.15, -0.1) is 0 Å². The molecule has 2 N–H and O–H groups in total.